The van der Waals surface area contributed by atoms with Gasteiger partial charge < -0.3 is 0 Å². The number of unbranched alkanes of at least 4 members (excludes halogenated alkanes) is 9. The molecular weight excluding hydrogens is 548 g/mol. The fraction of sp³-hybridized carbons (Fsp3) is 1.00. The Hall–Kier alpha value is -0.0900. The predicted octanol–water partition coefficient (Wildman–Crippen LogP) is 14.6. The van der Waals surface area contributed by atoms with Crippen LogP contribution in [0.25, 0.3) is 0 Å². The quantitative estimate of drug-likeness (QED) is 0.101. The second-order valence-electron chi connectivity index (χ2n) is 14.7. The molecule has 0 aliphatic heterocycles. The Morgan fingerprint density at radius 2 is 0.628 bits per heavy atom. The molecule has 1 N–H and O–H groups in total. The lowest BCUT2D eigenvalue weighted by atomic mass is 10.0. The molecule has 0 unspecified atom stereocenters. The van der Waals surface area contributed by atoms with Crippen LogP contribution >= 0.6 is 0 Å². The van der Waals surface area contributed by atoms with Crippen molar-refractivity contribution in [1.82, 2.24) is 0 Å². The van der Waals surface area contributed by atoms with E-state index in [9.17, 15) is 8.42 Å². The van der Waals surface area contributed by atoms with Crippen LogP contribution in [0, 0.1) is 29.6 Å². The molecule has 0 fully saturated rings. The Kier molecular flexibility index (Phi) is 51.1. The van der Waals surface area contributed by atoms with E-state index in [0.717, 1.165) is 30.1 Å². The third-order valence-corrected chi connectivity index (χ3v) is 7.76. The first-order valence-corrected chi connectivity index (χ1v) is 20.6. The Morgan fingerprint density at radius 3 is 0.884 bits per heavy atom. The second-order valence-corrected chi connectivity index (χ2v) is 16.3. The van der Waals surface area contributed by atoms with Crippen LogP contribution in [0.1, 0.15) is 219 Å². The molecule has 0 aliphatic carbocycles. The average Bonchev–Trinajstić information content (AvgIpc) is 2.87. The highest BCUT2D eigenvalue weighted by Crippen LogP contribution is 2.10. The molecule has 0 amide bonds. The number of rotatable bonds is 21. The summed E-state index contributed by atoms with van der Waals surface area (Å²) in [7, 11) is -3.72. The predicted molar refractivity (Wildman–Crippen MR) is 201 cm³/mol. The summed E-state index contributed by atoms with van der Waals surface area (Å²) >= 11 is 0. The van der Waals surface area contributed by atoms with Crippen molar-refractivity contribution in [3.05, 3.63) is 0 Å². The van der Waals surface area contributed by atoms with Gasteiger partial charge in [0.15, 0.2) is 0 Å². The van der Waals surface area contributed by atoms with Crippen LogP contribution in [0.4, 0.5) is 0 Å². The fourth-order valence-electron chi connectivity index (χ4n) is 4.19. The first-order chi connectivity index (χ1) is 20.0. The molecule has 4 heteroatoms. The van der Waals surface area contributed by atoms with Crippen LogP contribution in [0.5, 0.6) is 0 Å². The van der Waals surface area contributed by atoms with E-state index in [1.165, 1.54) is 109 Å². The minimum Gasteiger partial charge on any atom is -0.286 e. The maximum atomic E-state index is 10.2. The van der Waals surface area contributed by atoms with Gasteiger partial charge in [0.2, 0.25) is 0 Å². The van der Waals surface area contributed by atoms with Gasteiger partial charge in [-0.2, -0.15) is 8.42 Å². The van der Waals surface area contributed by atoms with Gasteiger partial charge in [0.1, 0.15) is 0 Å². The normalized spacial score (nSPS) is 11.0. The van der Waals surface area contributed by atoms with E-state index >= 15 is 0 Å². The van der Waals surface area contributed by atoms with Gasteiger partial charge in [-0.1, -0.05) is 206 Å². The lowest BCUT2D eigenvalue weighted by Crippen LogP contribution is -2.04. The number of hydrogen-bond acceptors (Lipinski definition) is 2. The Balaban J connectivity index is -0.000000141. The molecule has 268 valence electrons. The van der Waals surface area contributed by atoms with E-state index in [4.69, 9.17) is 4.55 Å². The second kappa shape index (κ2) is 41.9. The molecule has 0 aliphatic rings. The van der Waals surface area contributed by atoms with Gasteiger partial charge in [0.25, 0.3) is 10.1 Å². The van der Waals surface area contributed by atoms with Gasteiger partial charge in [0, 0.05) is 0 Å². The zero-order valence-corrected chi connectivity index (χ0v) is 33.5. The zero-order chi connectivity index (χ0) is 34.5. The third-order valence-electron chi connectivity index (χ3n) is 6.95. The van der Waals surface area contributed by atoms with Crippen molar-refractivity contribution >= 4 is 10.1 Å². The van der Waals surface area contributed by atoms with Crippen molar-refractivity contribution in [3.63, 3.8) is 0 Å². The minimum atomic E-state index is -3.72. The van der Waals surface area contributed by atoms with Crippen LogP contribution in [0.3, 0.4) is 0 Å². The summed E-state index contributed by atoms with van der Waals surface area (Å²) in [5.74, 6) is 4.01. The van der Waals surface area contributed by atoms with Crippen LogP contribution in [0.2, 0.25) is 0 Å². The van der Waals surface area contributed by atoms with E-state index in [1.807, 2.05) is 13.8 Å². The lowest BCUT2D eigenvalue weighted by molar-refractivity contribution is 0.475. The largest absolute Gasteiger partial charge is 0.286 e. The monoisotopic (exact) mass is 637 g/mol. The fourth-order valence-corrected chi connectivity index (χ4v) is 4.72. The van der Waals surface area contributed by atoms with Gasteiger partial charge in [-0.15, -0.1) is 0 Å². The highest BCUT2D eigenvalue weighted by molar-refractivity contribution is 7.85. The molecule has 0 rings (SSSR count). The molecule has 0 radical (unpaired) electrons. The molecular formula is C39H88O3S. The highest BCUT2D eigenvalue weighted by atomic mass is 32.2. The topological polar surface area (TPSA) is 54.4 Å². The standard InChI is InChI=1S/C10H22.C9H20.C8H18.C6H14O3S.C6H14/c1-4-5-6-7-8-9-10(2)3;1-4-5-6-7-8-9(2)3;1-4-5-6-7-8(2)3;1-6(2)4-3-5-10(7,8)9;1-4-5-6(2)3/h10H,4-9H2,1-3H3;9H,4-8H2,1-3H3;8H,4-7H2,1-3H3;6H,3-5H2,1-2H3,(H,7,8,9);6H,4-5H2,1-3H3. The van der Waals surface area contributed by atoms with Gasteiger partial charge in [0.05, 0.1) is 5.75 Å². The van der Waals surface area contributed by atoms with E-state index in [2.05, 4.69) is 83.1 Å². The van der Waals surface area contributed by atoms with E-state index < -0.39 is 10.1 Å². The SMILES string of the molecule is CC(C)CCCS(=O)(=O)O.CCCC(C)C.CCCCCC(C)C.CCCCCCC(C)C.CCCCCCCC(C)C. The van der Waals surface area contributed by atoms with Crippen molar-refractivity contribution < 1.29 is 13.0 Å². The van der Waals surface area contributed by atoms with Crippen LogP contribution in [0.15, 0.2) is 0 Å². The molecule has 0 aromatic carbocycles. The van der Waals surface area contributed by atoms with Gasteiger partial charge in [-0.3, -0.25) is 4.55 Å². The highest BCUT2D eigenvalue weighted by Gasteiger charge is 2.04. The summed E-state index contributed by atoms with van der Waals surface area (Å²) in [5.41, 5.74) is 0. The van der Waals surface area contributed by atoms with E-state index in [0.29, 0.717) is 12.3 Å². The summed E-state index contributed by atoms with van der Waals surface area (Å²) in [6.45, 7) is 31.3. The Morgan fingerprint density at radius 1 is 0.372 bits per heavy atom. The molecule has 0 heterocycles. The summed E-state index contributed by atoms with van der Waals surface area (Å²) in [4.78, 5) is 0. The Bertz CT molecular complexity index is 551. The third kappa shape index (κ3) is 85.7. The molecule has 0 atom stereocenters. The van der Waals surface area contributed by atoms with Crippen molar-refractivity contribution in [3.8, 4) is 0 Å². The Labute approximate surface area is 276 Å². The first kappa shape index (κ1) is 52.4. The molecule has 0 aromatic heterocycles. The maximum Gasteiger partial charge on any atom is 0.264 e. The van der Waals surface area contributed by atoms with Crippen molar-refractivity contribution in [2.45, 2.75) is 219 Å². The van der Waals surface area contributed by atoms with Crippen molar-refractivity contribution in [2.75, 3.05) is 5.75 Å². The van der Waals surface area contributed by atoms with Gasteiger partial charge in [-0.05, 0) is 42.4 Å². The van der Waals surface area contributed by atoms with Crippen molar-refractivity contribution in [2.24, 2.45) is 29.6 Å². The summed E-state index contributed by atoms with van der Waals surface area (Å²) < 4.78 is 28.6. The van der Waals surface area contributed by atoms with Crippen LogP contribution < -0.4 is 0 Å². The van der Waals surface area contributed by atoms with Gasteiger partial charge in [-0.25, -0.2) is 0 Å². The lowest BCUT2D eigenvalue weighted by Gasteiger charge is -2.02. The van der Waals surface area contributed by atoms with Gasteiger partial charge >= 0.3 is 0 Å². The molecule has 3 nitrogen and oxygen atoms in total. The molecule has 0 saturated carbocycles. The van der Waals surface area contributed by atoms with Crippen LogP contribution in [-0.4, -0.2) is 18.7 Å². The van der Waals surface area contributed by atoms with Crippen LogP contribution in [-0.2, 0) is 10.1 Å². The average molecular weight is 637 g/mol. The molecule has 0 spiro atoms. The maximum absolute atomic E-state index is 10.2. The van der Waals surface area contributed by atoms with Crippen molar-refractivity contribution in [1.29, 1.82) is 0 Å². The zero-order valence-electron chi connectivity index (χ0n) is 32.7. The summed E-state index contributed by atoms with van der Waals surface area (Å²) in [5, 5.41) is 0. The minimum absolute atomic E-state index is 0.106. The molecule has 43 heavy (non-hydrogen) atoms. The molecule has 0 saturated heterocycles. The van der Waals surface area contributed by atoms with E-state index in [1.54, 1.807) is 0 Å². The van der Waals surface area contributed by atoms with E-state index in [-0.39, 0.29) is 5.75 Å². The molecule has 0 bridgehead atoms. The number of hydrogen-bond donors (Lipinski definition) is 1. The smallest absolute Gasteiger partial charge is 0.264 e. The molecule has 0 aromatic rings. The summed E-state index contributed by atoms with van der Waals surface area (Å²) in [6.07, 6.45) is 25.3. The first-order valence-electron chi connectivity index (χ1n) is 18.9. The summed E-state index contributed by atoms with van der Waals surface area (Å²) in [6, 6.07) is 0.